The van der Waals surface area contributed by atoms with E-state index >= 15 is 0 Å². The maximum Gasteiger partial charge on any atom is 0.307 e. The number of amides is 1. The molecule has 5 nitrogen and oxygen atoms in total. The molecule has 0 aliphatic heterocycles. The summed E-state index contributed by atoms with van der Waals surface area (Å²) in [6.45, 7) is 2.04. The van der Waals surface area contributed by atoms with Gasteiger partial charge in [-0.15, -0.1) is 0 Å². The second-order valence-corrected chi connectivity index (χ2v) is 4.86. The summed E-state index contributed by atoms with van der Waals surface area (Å²) >= 11 is 0. The Labute approximate surface area is 106 Å². The molecule has 2 N–H and O–H groups in total. The number of hydrogen-bond donors (Lipinski definition) is 2. The third-order valence-electron chi connectivity index (χ3n) is 3.74. The van der Waals surface area contributed by atoms with Gasteiger partial charge in [0.15, 0.2) is 0 Å². The van der Waals surface area contributed by atoms with Gasteiger partial charge in [0.1, 0.15) is 0 Å². The predicted octanol–water partition coefficient (Wildman–Crippen LogP) is 1.70. The molecule has 1 aromatic rings. The molecule has 98 valence electrons. The molecule has 2 rings (SSSR count). The molecule has 5 heteroatoms. The smallest absolute Gasteiger partial charge is 0.307 e. The molecule has 3 unspecified atom stereocenters. The maximum atomic E-state index is 12.1. The molecular weight excluding hydrogens is 232 g/mol. The van der Waals surface area contributed by atoms with E-state index in [9.17, 15) is 14.7 Å². The molecule has 1 aliphatic carbocycles. The van der Waals surface area contributed by atoms with E-state index in [1.54, 1.807) is 29.2 Å². The van der Waals surface area contributed by atoms with E-state index in [1.807, 2.05) is 6.92 Å². The minimum absolute atomic E-state index is 0.199. The van der Waals surface area contributed by atoms with Gasteiger partial charge in [0, 0.05) is 12.4 Å². The van der Waals surface area contributed by atoms with Gasteiger partial charge in [0.05, 0.1) is 11.8 Å². The molecule has 0 radical (unpaired) electrons. The van der Waals surface area contributed by atoms with Gasteiger partial charge >= 0.3 is 5.97 Å². The third kappa shape index (κ3) is 2.55. The SMILES string of the molecule is CCC1CC(C(=O)O)C(C(=O)Nn2cccc2)C1. The number of carbonyl (C=O) groups is 2. The van der Waals surface area contributed by atoms with Gasteiger partial charge in [-0.25, -0.2) is 0 Å². The number of carboxylic acid groups (broad SMARTS) is 1. The first-order chi connectivity index (χ1) is 8.61. The van der Waals surface area contributed by atoms with Crippen LogP contribution in [-0.4, -0.2) is 21.7 Å². The fourth-order valence-corrected chi connectivity index (χ4v) is 2.66. The van der Waals surface area contributed by atoms with Crippen LogP contribution in [0.2, 0.25) is 0 Å². The van der Waals surface area contributed by atoms with Gasteiger partial charge in [-0.1, -0.05) is 13.3 Å². The molecule has 0 spiro atoms. The average Bonchev–Trinajstić information content (AvgIpc) is 2.96. The van der Waals surface area contributed by atoms with Gasteiger partial charge in [0.2, 0.25) is 5.91 Å². The van der Waals surface area contributed by atoms with Gasteiger partial charge in [0.25, 0.3) is 0 Å². The fourth-order valence-electron chi connectivity index (χ4n) is 2.66. The van der Waals surface area contributed by atoms with Crippen LogP contribution in [-0.2, 0) is 9.59 Å². The summed E-state index contributed by atoms with van der Waals surface area (Å²) < 4.78 is 1.56. The topological polar surface area (TPSA) is 71.3 Å². The number of aromatic nitrogens is 1. The summed E-state index contributed by atoms with van der Waals surface area (Å²) in [5, 5.41) is 9.19. The van der Waals surface area contributed by atoms with Crippen LogP contribution in [0.4, 0.5) is 0 Å². The lowest BCUT2D eigenvalue weighted by Gasteiger charge is -2.15. The van der Waals surface area contributed by atoms with Gasteiger partial charge < -0.3 is 5.11 Å². The summed E-state index contributed by atoms with van der Waals surface area (Å²) in [5.41, 5.74) is 2.71. The molecule has 0 saturated heterocycles. The quantitative estimate of drug-likeness (QED) is 0.854. The molecule has 1 aromatic heterocycles. The second-order valence-electron chi connectivity index (χ2n) is 4.86. The Morgan fingerprint density at radius 1 is 1.28 bits per heavy atom. The predicted molar refractivity (Wildman–Crippen MR) is 66.4 cm³/mol. The van der Waals surface area contributed by atoms with Crippen molar-refractivity contribution in [2.45, 2.75) is 26.2 Å². The maximum absolute atomic E-state index is 12.1. The van der Waals surface area contributed by atoms with Crippen molar-refractivity contribution in [2.24, 2.45) is 17.8 Å². The van der Waals surface area contributed by atoms with Crippen LogP contribution in [0.25, 0.3) is 0 Å². The molecule has 3 atom stereocenters. The minimum atomic E-state index is -0.862. The fraction of sp³-hybridized carbons (Fsp3) is 0.538. The number of rotatable bonds is 4. The Hall–Kier alpha value is -1.78. The number of nitrogens with zero attached hydrogens (tertiary/aromatic N) is 1. The molecule has 1 heterocycles. The van der Waals surface area contributed by atoms with Crippen molar-refractivity contribution < 1.29 is 14.7 Å². The second kappa shape index (κ2) is 5.25. The Bertz CT molecular complexity index is 427. The number of hydrogen-bond acceptors (Lipinski definition) is 2. The van der Waals surface area contributed by atoms with E-state index in [4.69, 9.17) is 0 Å². The highest BCUT2D eigenvalue weighted by atomic mass is 16.4. The van der Waals surface area contributed by atoms with Crippen molar-refractivity contribution in [1.29, 1.82) is 0 Å². The molecule has 1 saturated carbocycles. The highest BCUT2D eigenvalue weighted by molar-refractivity contribution is 5.90. The van der Waals surface area contributed by atoms with Gasteiger partial charge in [-0.2, -0.15) is 0 Å². The monoisotopic (exact) mass is 250 g/mol. The minimum Gasteiger partial charge on any atom is -0.481 e. The van der Waals surface area contributed by atoms with Crippen LogP contribution in [0.15, 0.2) is 24.5 Å². The third-order valence-corrected chi connectivity index (χ3v) is 3.74. The molecule has 1 fully saturated rings. The van der Waals surface area contributed by atoms with Crippen LogP contribution in [0, 0.1) is 17.8 Å². The molecular formula is C13H18N2O3. The van der Waals surface area contributed by atoms with Crippen molar-refractivity contribution >= 4 is 11.9 Å². The highest BCUT2D eigenvalue weighted by Crippen LogP contribution is 2.38. The molecule has 1 aliphatic rings. The van der Waals surface area contributed by atoms with Crippen LogP contribution in [0.1, 0.15) is 26.2 Å². The lowest BCUT2D eigenvalue weighted by atomic mass is 9.96. The first-order valence-corrected chi connectivity index (χ1v) is 6.28. The van der Waals surface area contributed by atoms with E-state index in [-0.39, 0.29) is 5.91 Å². The summed E-state index contributed by atoms with van der Waals surface area (Å²) in [6, 6.07) is 3.61. The van der Waals surface area contributed by atoms with E-state index in [0.717, 1.165) is 6.42 Å². The van der Waals surface area contributed by atoms with E-state index in [0.29, 0.717) is 18.8 Å². The number of aliphatic carboxylic acids is 1. The molecule has 1 amide bonds. The normalized spacial score (nSPS) is 27.1. The Morgan fingerprint density at radius 3 is 2.44 bits per heavy atom. The number of carboxylic acids is 1. The lowest BCUT2D eigenvalue weighted by molar-refractivity contribution is -0.145. The van der Waals surface area contributed by atoms with Gasteiger partial charge in [-0.05, 0) is 30.9 Å². The summed E-state index contributed by atoms with van der Waals surface area (Å²) in [4.78, 5) is 23.3. The van der Waals surface area contributed by atoms with Gasteiger partial charge in [-0.3, -0.25) is 19.7 Å². The standard InChI is InChI=1S/C13H18N2O3/c1-2-9-7-10(11(8-9)13(17)18)12(16)14-15-5-3-4-6-15/h3-6,9-11H,2,7-8H2,1H3,(H,14,16)(H,17,18). The number of carbonyl (C=O) groups excluding carboxylic acids is 1. The van der Waals surface area contributed by atoms with E-state index < -0.39 is 17.8 Å². The Balaban J connectivity index is 2.05. The zero-order valence-corrected chi connectivity index (χ0v) is 10.4. The van der Waals surface area contributed by atoms with Crippen molar-refractivity contribution in [3.63, 3.8) is 0 Å². The van der Waals surface area contributed by atoms with Crippen LogP contribution >= 0.6 is 0 Å². The molecule has 0 bridgehead atoms. The average molecular weight is 250 g/mol. The van der Waals surface area contributed by atoms with Crippen molar-refractivity contribution in [1.82, 2.24) is 4.68 Å². The summed E-state index contributed by atoms with van der Waals surface area (Å²) in [7, 11) is 0. The molecule has 18 heavy (non-hydrogen) atoms. The van der Waals surface area contributed by atoms with Crippen LogP contribution in [0.5, 0.6) is 0 Å². The highest BCUT2D eigenvalue weighted by Gasteiger charge is 2.42. The first-order valence-electron chi connectivity index (χ1n) is 6.28. The number of nitrogens with one attached hydrogen (secondary N) is 1. The van der Waals surface area contributed by atoms with Crippen molar-refractivity contribution in [2.75, 3.05) is 5.43 Å². The van der Waals surface area contributed by atoms with Crippen LogP contribution < -0.4 is 5.43 Å². The largest absolute Gasteiger partial charge is 0.481 e. The van der Waals surface area contributed by atoms with Crippen molar-refractivity contribution in [3.05, 3.63) is 24.5 Å². The van der Waals surface area contributed by atoms with Crippen LogP contribution in [0.3, 0.4) is 0 Å². The summed E-state index contributed by atoms with van der Waals surface area (Å²) in [6.07, 6.45) is 5.65. The zero-order chi connectivity index (χ0) is 13.1. The van der Waals surface area contributed by atoms with E-state index in [2.05, 4.69) is 5.43 Å². The Morgan fingerprint density at radius 2 is 1.89 bits per heavy atom. The first kappa shape index (κ1) is 12.7. The van der Waals surface area contributed by atoms with E-state index in [1.165, 1.54) is 0 Å². The summed E-state index contributed by atoms with van der Waals surface area (Å²) in [5.74, 6) is -1.69. The lowest BCUT2D eigenvalue weighted by Crippen LogP contribution is -2.33. The molecule has 0 aromatic carbocycles. The zero-order valence-electron chi connectivity index (χ0n) is 10.4. The van der Waals surface area contributed by atoms with Crippen molar-refractivity contribution in [3.8, 4) is 0 Å². The Kier molecular flexibility index (Phi) is 3.69.